The van der Waals surface area contributed by atoms with Crippen molar-refractivity contribution in [2.45, 2.75) is 32.0 Å². The SMILES string of the molecule is CC(C)C(Cc1cccc(Oc2ccccc2)c1C#N)(Nc1ccc(C(F)(F)F)c(Cl)c1)C(=O)[O-]. The zero-order valence-electron chi connectivity index (χ0n) is 18.8. The number of benzene rings is 3. The van der Waals surface area contributed by atoms with E-state index < -0.39 is 34.2 Å². The predicted octanol–water partition coefficient (Wildman–Crippen LogP) is 5.82. The minimum Gasteiger partial charge on any atom is -0.548 e. The molecule has 0 aromatic heterocycles. The number of alkyl halides is 3. The molecule has 0 aliphatic heterocycles. The van der Waals surface area contributed by atoms with E-state index in [0.717, 1.165) is 18.2 Å². The molecule has 1 unspecified atom stereocenters. The zero-order chi connectivity index (χ0) is 25.8. The Balaban J connectivity index is 2.02. The van der Waals surface area contributed by atoms with E-state index in [0.29, 0.717) is 11.3 Å². The predicted molar refractivity (Wildman–Crippen MR) is 124 cm³/mol. The molecule has 1 N–H and O–H groups in total. The van der Waals surface area contributed by atoms with Gasteiger partial charge >= 0.3 is 6.18 Å². The Kier molecular flexibility index (Phi) is 7.61. The van der Waals surface area contributed by atoms with E-state index in [1.807, 2.05) is 6.07 Å². The van der Waals surface area contributed by atoms with Crippen LogP contribution < -0.4 is 15.2 Å². The summed E-state index contributed by atoms with van der Waals surface area (Å²) in [5.74, 6) is -1.35. The molecule has 5 nitrogen and oxygen atoms in total. The number of hydrogen-bond acceptors (Lipinski definition) is 5. The quantitative estimate of drug-likeness (QED) is 0.420. The average Bonchev–Trinajstić information content (AvgIpc) is 2.78. The Morgan fingerprint density at radius 3 is 2.34 bits per heavy atom. The molecule has 0 bridgehead atoms. The largest absolute Gasteiger partial charge is 0.548 e. The molecule has 182 valence electrons. The number of nitrogens with zero attached hydrogens (tertiary/aromatic N) is 1. The molecule has 0 amide bonds. The summed E-state index contributed by atoms with van der Waals surface area (Å²) in [6, 6.07) is 18.6. The molecule has 3 aromatic rings. The van der Waals surface area contributed by atoms with E-state index in [4.69, 9.17) is 16.3 Å². The van der Waals surface area contributed by atoms with Crippen LogP contribution in [0.3, 0.4) is 0 Å². The van der Waals surface area contributed by atoms with Crippen LogP contribution in [-0.2, 0) is 17.4 Å². The molecular formula is C26H21ClF3N2O3-. The summed E-state index contributed by atoms with van der Waals surface area (Å²) in [6.07, 6.45) is -4.86. The highest BCUT2D eigenvalue weighted by atomic mass is 35.5. The molecule has 0 radical (unpaired) electrons. The number of carboxylic acids is 1. The first-order valence-electron chi connectivity index (χ1n) is 10.6. The van der Waals surface area contributed by atoms with Crippen molar-refractivity contribution in [3.8, 4) is 17.6 Å². The van der Waals surface area contributed by atoms with Gasteiger partial charge in [-0.25, -0.2) is 0 Å². The van der Waals surface area contributed by atoms with Crippen molar-refractivity contribution in [3.63, 3.8) is 0 Å². The Bertz CT molecular complexity index is 1260. The van der Waals surface area contributed by atoms with Crippen LogP contribution in [0.4, 0.5) is 18.9 Å². The van der Waals surface area contributed by atoms with Crippen molar-refractivity contribution in [2.75, 3.05) is 5.32 Å². The van der Waals surface area contributed by atoms with Crippen LogP contribution in [0.15, 0.2) is 66.7 Å². The summed E-state index contributed by atoms with van der Waals surface area (Å²) in [5.41, 5.74) is -2.25. The van der Waals surface area contributed by atoms with Gasteiger partial charge in [-0.05, 0) is 47.9 Å². The topological polar surface area (TPSA) is 85.2 Å². The van der Waals surface area contributed by atoms with Gasteiger partial charge in [-0.15, -0.1) is 0 Å². The number of carbonyl (C=O) groups is 1. The lowest BCUT2D eigenvalue weighted by atomic mass is 9.79. The first-order valence-corrected chi connectivity index (χ1v) is 11.0. The maximum atomic E-state index is 13.1. The van der Waals surface area contributed by atoms with Crippen LogP contribution in [0.25, 0.3) is 0 Å². The summed E-state index contributed by atoms with van der Waals surface area (Å²) >= 11 is 5.83. The molecule has 3 rings (SSSR count). The Hall–Kier alpha value is -3.70. The lowest BCUT2D eigenvalue weighted by Crippen LogP contribution is -2.59. The van der Waals surface area contributed by atoms with Crippen molar-refractivity contribution in [3.05, 3.63) is 88.4 Å². The lowest BCUT2D eigenvalue weighted by molar-refractivity contribution is -0.313. The van der Waals surface area contributed by atoms with Crippen LogP contribution in [0.2, 0.25) is 5.02 Å². The van der Waals surface area contributed by atoms with Crippen molar-refractivity contribution in [2.24, 2.45) is 5.92 Å². The number of ether oxygens (including phenoxy) is 1. The van der Waals surface area contributed by atoms with Crippen LogP contribution in [0.1, 0.15) is 30.5 Å². The highest BCUT2D eigenvalue weighted by Gasteiger charge is 2.38. The highest BCUT2D eigenvalue weighted by Crippen LogP contribution is 2.38. The van der Waals surface area contributed by atoms with Crippen LogP contribution in [0.5, 0.6) is 11.5 Å². The number of aliphatic carboxylic acids is 1. The van der Waals surface area contributed by atoms with Gasteiger partial charge in [0, 0.05) is 12.1 Å². The molecule has 0 spiro atoms. The van der Waals surface area contributed by atoms with E-state index in [-0.39, 0.29) is 23.4 Å². The summed E-state index contributed by atoms with van der Waals surface area (Å²) < 4.78 is 45.1. The van der Waals surface area contributed by atoms with Crippen LogP contribution in [-0.4, -0.2) is 11.5 Å². The third-order valence-corrected chi connectivity index (χ3v) is 5.97. The van der Waals surface area contributed by atoms with E-state index in [2.05, 4.69) is 11.4 Å². The van der Waals surface area contributed by atoms with Gasteiger partial charge in [0.05, 0.1) is 27.7 Å². The zero-order valence-corrected chi connectivity index (χ0v) is 19.6. The Morgan fingerprint density at radius 1 is 1.11 bits per heavy atom. The number of hydrogen-bond donors (Lipinski definition) is 1. The summed E-state index contributed by atoms with van der Waals surface area (Å²) in [6.45, 7) is 3.26. The van der Waals surface area contributed by atoms with E-state index >= 15 is 0 Å². The highest BCUT2D eigenvalue weighted by molar-refractivity contribution is 6.31. The maximum absolute atomic E-state index is 13.1. The average molecular weight is 502 g/mol. The third kappa shape index (κ3) is 5.69. The second-order valence-corrected chi connectivity index (χ2v) is 8.63. The number of carbonyl (C=O) groups excluding carboxylic acids is 1. The van der Waals surface area contributed by atoms with Gasteiger partial charge in [0.2, 0.25) is 0 Å². The molecule has 0 heterocycles. The number of para-hydroxylation sites is 1. The first kappa shape index (κ1) is 25.9. The number of carboxylic acid groups (broad SMARTS) is 1. The van der Waals surface area contributed by atoms with Gasteiger partial charge in [-0.3, -0.25) is 0 Å². The molecule has 9 heteroatoms. The second-order valence-electron chi connectivity index (χ2n) is 8.22. The summed E-state index contributed by atoms with van der Waals surface area (Å²) in [5, 5.41) is 24.5. The monoisotopic (exact) mass is 501 g/mol. The minimum atomic E-state index is -4.65. The van der Waals surface area contributed by atoms with Crippen LogP contribution in [0, 0.1) is 17.2 Å². The Labute approximate surface area is 205 Å². The summed E-state index contributed by atoms with van der Waals surface area (Å²) in [7, 11) is 0. The molecule has 0 aliphatic carbocycles. The number of nitriles is 1. The number of rotatable bonds is 8. The van der Waals surface area contributed by atoms with Crippen LogP contribution >= 0.6 is 11.6 Å². The fraction of sp³-hybridized carbons (Fsp3) is 0.231. The maximum Gasteiger partial charge on any atom is 0.417 e. The minimum absolute atomic E-state index is 0.0658. The fourth-order valence-electron chi connectivity index (χ4n) is 3.68. The third-order valence-electron chi connectivity index (χ3n) is 5.66. The Morgan fingerprint density at radius 2 is 1.80 bits per heavy atom. The molecule has 0 fully saturated rings. The van der Waals surface area contributed by atoms with Gasteiger partial charge < -0.3 is 20.0 Å². The van der Waals surface area contributed by atoms with Gasteiger partial charge in [0.15, 0.2) is 0 Å². The smallest absolute Gasteiger partial charge is 0.417 e. The standard InChI is InChI=1S/C26H22ClF3N2O3/c1-16(2)25(24(33)34,32-18-11-12-21(22(27)13-18)26(28,29)30)14-17-7-6-10-23(20(17)15-31)35-19-8-4-3-5-9-19/h3-13,16,32H,14H2,1-2H3,(H,33,34)/p-1. The first-order chi connectivity index (χ1) is 16.5. The number of nitrogens with one attached hydrogen (secondary N) is 1. The molecule has 1 atom stereocenters. The molecule has 0 aliphatic rings. The molecule has 0 saturated heterocycles. The molecule has 0 saturated carbocycles. The van der Waals surface area contributed by atoms with E-state index in [9.17, 15) is 28.3 Å². The second kappa shape index (κ2) is 10.3. The summed E-state index contributed by atoms with van der Waals surface area (Å²) in [4.78, 5) is 12.5. The van der Waals surface area contributed by atoms with E-state index in [1.165, 1.54) is 0 Å². The van der Waals surface area contributed by atoms with E-state index in [1.54, 1.807) is 56.3 Å². The number of halogens is 4. The van der Waals surface area contributed by atoms with Gasteiger partial charge in [0.1, 0.15) is 17.6 Å². The number of anilines is 1. The normalized spacial score (nSPS) is 13.1. The molecule has 35 heavy (non-hydrogen) atoms. The molecular weight excluding hydrogens is 481 g/mol. The van der Waals surface area contributed by atoms with Crippen molar-refractivity contribution in [1.29, 1.82) is 5.26 Å². The van der Waals surface area contributed by atoms with Gasteiger partial charge in [-0.1, -0.05) is 55.8 Å². The fourth-order valence-corrected chi connectivity index (χ4v) is 3.97. The van der Waals surface area contributed by atoms with Crippen molar-refractivity contribution < 1.29 is 27.8 Å². The van der Waals surface area contributed by atoms with Gasteiger partial charge in [0.25, 0.3) is 0 Å². The van der Waals surface area contributed by atoms with Crippen molar-refractivity contribution >= 4 is 23.3 Å². The van der Waals surface area contributed by atoms with Crippen molar-refractivity contribution in [1.82, 2.24) is 0 Å². The van der Waals surface area contributed by atoms with Gasteiger partial charge in [-0.2, -0.15) is 18.4 Å². The molecule has 3 aromatic carbocycles. The lowest BCUT2D eigenvalue weighted by Gasteiger charge is -2.41.